The maximum atomic E-state index is 13.1. The zero-order valence-electron chi connectivity index (χ0n) is 13.5. The Kier molecular flexibility index (Phi) is 4.42. The Morgan fingerprint density at radius 1 is 1.25 bits per heavy atom. The molecule has 0 spiro atoms. The Hall–Kier alpha value is -2.56. The molecule has 4 nitrogen and oxygen atoms in total. The zero-order chi connectivity index (χ0) is 17.2. The van der Waals surface area contributed by atoms with Crippen molar-refractivity contribution in [3.8, 4) is 11.5 Å². The predicted octanol–water partition coefficient (Wildman–Crippen LogP) is 3.28. The van der Waals surface area contributed by atoms with Gasteiger partial charge in [0.25, 0.3) is 0 Å². The number of carbonyl (C=O) groups is 1. The standard InChI is InChI=1S/C19H20FNO3/c1-2-24-17-11-13(3-8-16(17)22)12-21-18(23)19(9-10-19)14-4-6-15(20)7-5-14/h3-8,11,22H,2,9-10,12H2,1H3,(H,21,23). The van der Waals surface area contributed by atoms with E-state index < -0.39 is 5.41 Å². The molecule has 0 unspecified atom stereocenters. The predicted molar refractivity (Wildman–Crippen MR) is 88.4 cm³/mol. The summed E-state index contributed by atoms with van der Waals surface area (Å²) in [6, 6.07) is 11.1. The summed E-state index contributed by atoms with van der Waals surface area (Å²) in [6.45, 7) is 2.65. The van der Waals surface area contributed by atoms with E-state index in [-0.39, 0.29) is 17.5 Å². The SMILES string of the molecule is CCOc1cc(CNC(=O)C2(c3ccc(F)cc3)CC2)ccc1O. The summed E-state index contributed by atoms with van der Waals surface area (Å²) in [5, 5.41) is 12.6. The van der Waals surface area contributed by atoms with Crippen LogP contribution in [0.3, 0.4) is 0 Å². The number of ether oxygens (including phenoxy) is 1. The minimum atomic E-state index is -0.534. The summed E-state index contributed by atoms with van der Waals surface area (Å²) in [4.78, 5) is 12.6. The number of amides is 1. The third kappa shape index (κ3) is 3.20. The van der Waals surface area contributed by atoms with Gasteiger partial charge in [-0.2, -0.15) is 0 Å². The first-order valence-electron chi connectivity index (χ1n) is 8.04. The highest BCUT2D eigenvalue weighted by Gasteiger charge is 2.51. The summed E-state index contributed by atoms with van der Waals surface area (Å²) in [5.74, 6) is 0.128. The van der Waals surface area contributed by atoms with E-state index in [0.717, 1.165) is 24.0 Å². The fourth-order valence-electron chi connectivity index (χ4n) is 2.83. The molecule has 0 radical (unpaired) electrons. The van der Waals surface area contributed by atoms with Gasteiger partial charge < -0.3 is 15.2 Å². The average molecular weight is 329 g/mol. The second-order valence-corrected chi connectivity index (χ2v) is 6.01. The number of nitrogens with one attached hydrogen (secondary N) is 1. The van der Waals surface area contributed by atoms with Crippen LogP contribution in [0.25, 0.3) is 0 Å². The number of phenols is 1. The van der Waals surface area contributed by atoms with Crippen molar-refractivity contribution in [3.63, 3.8) is 0 Å². The third-order valence-corrected chi connectivity index (χ3v) is 4.36. The first kappa shape index (κ1) is 16.3. The van der Waals surface area contributed by atoms with E-state index in [2.05, 4.69) is 5.32 Å². The average Bonchev–Trinajstić information content (AvgIpc) is 3.38. The van der Waals surface area contributed by atoms with Gasteiger partial charge in [0.15, 0.2) is 11.5 Å². The summed E-state index contributed by atoms with van der Waals surface area (Å²) in [6.07, 6.45) is 1.54. The van der Waals surface area contributed by atoms with Crippen molar-refractivity contribution >= 4 is 5.91 Å². The van der Waals surface area contributed by atoms with Crippen LogP contribution in [-0.2, 0) is 16.8 Å². The monoisotopic (exact) mass is 329 g/mol. The molecule has 0 atom stereocenters. The van der Waals surface area contributed by atoms with E-state index in [0.29, 0.717) is 18.9 Å². The Morgan fingerprint density at radius 2 is 1.96 bits per heavy atom. The molecule has 1 amide bonds. The largest absolute Gasteiger partial charge is 0.504 e. The highest BCUT2D eigenvalue weighted by molar-refractivity contribution is 5.91. The Labute approximate surface area is 140 Å². The van der Waals surface area contributed by atoms with Crippen LogP contribution < -0.4 is 10.1 Å². The lowest BCUT2D eigenvalue weighted by Gasteiger charge is -2.16. The Balaban J connectivity index is 1.67. The number of halogens is 1. The second kappa shape index (κ2) is 6.51. The topological polar surface area (TPSA) is 58.6 Å². The first-order valence-corrected chi connectivity index (χ1v) is 8.04. The van der Waals surface area contributed by atoms with Crippen LogP contribution in [0.5, 0.6) is 11.5 Å². The van der Waals surface area contributed by atoms with E-state index in [1.165, 1.54) is 12.1 Å². The molecule has 3 rings (SSSR count). The van der Waals surface area contributed by atoms with Gasteiger partial charge in [-0.25, -0.2) is 4.39 Å². The molecule has 1 saturated carbocycles. The van der Waals surface area contributed by atoms with Gasteiger partial charge in [-0.05, 0) is 55.2 Å². The molecule has 24 heavy (non-hydrogen) atoms. The fraction of sp³-hybridized carbons (Fsp3) is 0.316. The summed E-state index contributed by atoms with van der Waals surface area (Å²) < 4.78 is 18.4. The van der Waals surface area contributed by atoms with E-state index in [9.17, 15) is 14.3 Å². The first-order chi connectivity index (χ1) is 11.5. The molecular formula is C19H20FNO3. The van der Waals surface area contributed by atoms with E-state index in [1.807, 2.05) is 6.92 Å². The Morgan fingerprint density at radius 3 is 2.58 bits per heavy atom. The summed E-state index contributed by atoms with van der Waals surface area (Å²) in [7, 11) is 0. The van der Waals surface area contributed by atoms with E-state index >= 15 is 0 Å². The van der Waals surface area contributed by atoms with Crippen LogP contribution in [0.15, 0.2) is 42.5 Å². The maximum Gasteiger partial charge on any atom is 0.230 e. The van der Waals surface area contributed by atoms with Gasteiger partial charge in [0.2, 0.25) is 5.91 Å². The lowest BCUT2D eigenvalue weighted by molar-refractivity contribution is -0.123. The number of hydrogen-bond donors (Lipinski definition) is 2. The molecular weight excluding hydrogens is 309 g/mol. The molecule has 1 aliphatic carbocycles. The molecule has 2 N–H and O–H groups in total. The van der Waals surface area contributed by atoms with Crippen molar-refractivity contribution in [1.82, 2.24) is 5.32 Å². The second-order valence-electron chi connectivity index (χ2n) is 6.01. The van der Waals surface area contributed by atoms with Crippen molar-refractivity contribution in [3.05, 3.63) is 59.4 Å². The lowest BCUT2D eigenvalue weighted by Crippen LogP contribution is -2.34. The highest BCUT2D eigenvalue weighted by Crippen LogP contribution is 2.48. The molecule has 2 aromatic rings. The molecule has 126 valence electrons. The van der Waals surface area contributed by atoms with Crippen molar-refractivity contribution in [2.24, 2.45) is 0 Å². The molecule has 0 aliphatic heterocycles. The molecule has 1 aliphatic rings. The molecule has 0 aromatic heterocycles. The van der Waals surface area contributed by atoms with Crippen molar-refractivity contribution < 1.29 is 19.0 Å². The van der Waals surface area contributed by atoms with Crippen LogP contribution in [-0.4, -0.2) is 17.6 Å². The van der Waals surface area contributed by atoms with E-state index in [4.69, 9.17) is 4.74 Å². The van der Waals surface area contributed by atoms with Gasteiger partial charge in [0.05, 0.1) is 12.0 Å². The smallest absolute Gasteiger partial charge is 0.230 e. The molecule has 0 saturated heterocycles. The van der Waals surface area contributed by atoms with Gasteiger partial charge in [0.1, 0.15) is 5.82 Å². The van der Waals surface area contributed by atoms with Crippen molar-refractivity contribution in [1.29, 1.82) is 0 Å². The third-order valence-electron chi connectivity index (χ3n) is 4.36. The lowest BCUT2D eigenvalue weighted by atomic mass is 9.95. The van der Waals surface area contributed by atoms with Crippen LogP contribution in [0, 0.1) is 5.82 Å². The fourth-order valence-corrected chi connectivity index (χ4v) is 2.83. The molecule has 1 fully saturated rings. The van der Waals surface area contributed by atoms with Crippen LogP contribution in [0.1, 0.15) is 30.9 Å². The molecule has 2 aromatic carbocycles. The molecule has 0 heterocycles. The van der Waals surface area contributed by atoms with Crippen LogP contribution in [0.2, 0.25) is 0 Å². The van der Waals surface area contributed by atoms with Gasteiger partial charge in [-0.15, -0.1) is 0 Å². The number of hydrogen-bond acceptors (Lipinski definition) is 3. The number of benzene rings is 2. The Bertz CT molecular complexity index is 739. The number of carbonyl (C=O) groups excluding carboxylic acids is 1. The number of rotatable bonds is 6. The minimum absolute atomic E-state index is 0.0554. The van der Waals surface area contributed by atoms with Gasteiger partial charge in [-0.3, -0.25) is 4.79 Å². The normalized spacial score (nSPS) is 14.9. The number of aromatic hydroxyl groups is 1. The molecule has 0 bridgehead atoms. The van der Waals surface area contributed by atoms with E-state index in [1.54, 1.807) is 30.3 Å². The molecule has 5 heteroatoms. The maximum absolute atomic E-state index is 13.1. The van der Waals surface area contributed by atoms with Gasteiger partial charge >= 0.3 is 0 Å². The van der Waals surface area contributed by atoms with Gasteiger partial charge in [-0.1, -0.05) is 18.2 Å². The zero-order valence-corrected chi connectivity index (χ0v) is 13.5. The van der Waals surface area contributed by atoms with Gasteiger partial charge in [0, 0.05) is 6.54 Å². The minimum Gasteiger partial charge on any atom is -0.504 e. The van der Waals surface area contributed by atoms with Crippen molar-refractivity contribution in [2.75, 3.05) is 6.61 Å². The summed E-state index contributed by atoms with van der Waals surface area (Å²) in [5.41, 5.74) is 1.16. The number of phenolic OH excluding ortho intramolecular Hbond substituents is 1. The van der Waals surface area contributed by atoms with Crippen molar-refractivity contribution in [2.45, 2.75) is 31.7 Å². The quantitative estimate of drug-likeness (QED) is 0.855. The van der Waals surface area contributed by atoms with Crippen LogP contribution in [0.4, 0.5) is 4.39 Å². The summed E-state index contributed by atoms with van der Waals surface area (Å²) >= 11 is 0. The van der Waals surface area contributed by atoms with Crippen LogP contribution >= 0.6 is 0 Å². The highest BCUT2D eigenvalue weighted by atomic mass is 19.1.